The van der Waals surface area contributed by atoms with E-state index in [4.69, 9.17) is 37.4 Å². The van der Waals surface area contributed by atoms with Gasteiger partial charge in [0.05, 0.1) is 35.0 Å². The van der Waals surface area contributed by atoms with Gasteiger partial charge in [-0.1, -0.05) is 47.5 Å². The first kappa shape index (κ1) is 33.2. The van der Waals surface area contributed by atoms with Crippen molar-refractivity contribution >= 4 is 50.9 Å². The molecule has 0 saturated heterocycles. The van der Waals surface area contributed by atoms with E-state index in [0.29, 0.717) is 29.2 Å². The number of carbonyl (C=O) groups excluding carboxylic acids is 2. The Bertz CT molecular complexity index is 1590. The first-order chi connectivity index (χ1) is 20.9. The molecule has 3 aromatic rings. The van der Waals surface area contributed by atoms with Crippen molar-refractivity contribution < 1.29 is 45.7 Å². The standard InChI is InChI=1S/C29H28Cl2F2N2O8S/c1-44(38,39)35-23-5-3-2-4-18(23)11-27(36)41-16-28(37)42-25(12-20-21(30)13-34-14-22(20)31)19-8-9-24(43-29(32)33)26(10-19)40-15-17-6-7-17/h2-5,8-10,13-14,17,25,29,35H,6-7,11-12,15-16H2,1H3. The molecule has 1 fully saturated rings. The summed E-state index contributed by atoms with van der Waals surface area (Å²) in [6.45, 7) is -3.56. The number of halogens is 4. The highest BCUT2D eigenvalue weighted by molar-refractivity contribution is 7.92. The number of sulfonamides is 1. The number of carbonyl (C=O) groups is 2. The molecule has 1 heterocycles. The average molecular weight is 674 g/mol. The van der Waals surface area contributed by atoms with E-state index in [1.807, 2.05) is 0 Å². The number of nitrogens with zero attached hydrogens (tertiary/aromatic N) is 1. The van der Waals surface area contributed by atoms with E-state index in [2.05, 4.69) is 14.4 Å². The number of pyridine rings is 1. The van der Waals surface area contributed by atoms with Crippen molar-refractivity contribution in [2.24, 2.45) is 5.92 Å². The van der Waals surface area contributed by atoms with E-state index >= 15 is 0 Å². The molecular weight excluding hydrogens is 645 g/mol. The van der Waals surface area contributed by atoms with E-state index in [-0.39, 0.29) is 40.1 Å². The highest BCUT2D eigenvalue weighted by atomic mass is 35.5. The first-order valence-electron chi connectivity index (χ1n) is 13.3. The summed E-state index contributed by atoms with van der Waals surface area (Å²) in [5, 5.41) is 0.406. The molecule has 0 amide bonds. The maximum Gasteiger partial charge on any atom is 0.387 e. The minimum absolute atomic E-state index is 0.0375. The van der Waals surface area contributed by atoms with Crippen molar-refractivity contribution in [3.05, 3.63) is 81.6 Å². The normalized spacial score (nSPS) is 13.7. The summed E-state index contributed by atoms with van der Waals surface area (Å²) in [6.07, 6.45) is 4.19. The van der Waals surface area contributed by atoms with Crippen molar-refractivity contribution in [3.8, 4) is 11.5 Å². The zero-order valence-corrected chi connectivity index (χ0v) is 25.6. The predicted octanol–water partition coefficient (Wildman–Crippen LogP) is 5.76. The maximum atomic E-state index is 13.0. The van der Waals surface area contributed by atoms with Crippen LogP contribution < -0.4 is 14.2 Å². The Morgan fingerprint density at radius 2 is 1.75 bits per heavy atom. The van der Waals surface area contributed by atoms with Crippen molar-refractivity contribution in [2.45, 2.75) is 38.4 Å². The molecule has 1 N–H and O–H groups in total. The predicted molar refractivity (Wildman–Crippen MR) is 158 cm³/mol. The summed E-state index contributed by atoms with van der Waals surface area (Å²) in [7, 11) is -3.60. The summed E-state index contributed by atoms with van der Waals surface area (Å²) in [6, 6.07) is 10.4. The molecule has 1 aliphatic carbocycles. The summed E-state index contributed by atoms with van der Waals surface area (Å²) >= 11 is 12.6. The largest absolute Gasteiger partial charge is 0.489 e. The molecule has 236 valence electrons. The van der Waals surface area contributed by atoms with Crippen LogP contribution in [0.25, 0.3) is 0 Å². The number of alkyl halides is 2. The lowest BCUT2D eigenvalue weighted by molar-refractivity contribution is -0.162. The second-order valence-corrected chi connectivity index (χ2v) is 12.5. The van der Waals surface area contributed by atoms with Gasteiger partial charge in [-0.2, -0.15) is 8.78 Å². The van der Waals surface area contributed by atoms with Gasteiger partial charge in [0.25, 0.3) is 0 Å². The lowest BCUT2D eigenvalue weighted by atomic mass is 10.0. The van der Waals surface area contributed by atoms with Crippen LogP contribution >= 0.6 is 23.2 Å². The molecule has 4 rings (SSSR count). The number of ether oxygens (including phenoxy) is 4. The Kier molecular flexibility index (Phi) is 11.2. The third-order valence-electron chi connectivity index (χ3n) is 6.34. The fraction of sp³-hybridized carbons (Fsp3) is 0.345. The number of hydrogen-bond acceptors (Lipinski definition) is 9. The van der Waals surface area contributed by atoms with Gasteiger partial charge >= 0.3 is 18.6 Å². The van der Waals surface area contributed by atoms with Gasteiger partial charge in [-0.3, -0.25) is 14.5 Å². The van der Waals surface area contributed by atoms with Crippen LogP contribution in [-0.4, -0.2) is 51.4 Å². The minimum Gasteiger partial charge on any atom is -0.489 e. The fourth-order valence-corrected chi connectivity index (χ4v) is 5.20. The molecule has 1 unspecified atom stereocenters. The second-order valence-electron chi connectivity index (χ2n) is 9.97. The Labute approximate surface area is 262 Å². The molecule has 0 aliphatic heterocycles. The monoisotopic (exact) mass is 672 g/mol. The van der Waals surface area contributed by atoms with Crippen LogP contribution in [0.5, 0.6) is 11.5 Å². The van der Waals surface area contributed by atoms with E-state index < -0.39 is 41.3 Å². The van der Waals surface area contributed by atoms with E-state index in [1.165, 1.54) is 42.7 Å². The van der Waals surface area contributed by atoms with Gasteiger partial charge in [-0.25, -0.2) is 13.2 Å². The van der Waals surface area contributed by atoms with E-state index in [0.717, 1.165) is 19.1 Å². The van der Waals surface area contributed by atoms with Crippen LogP contribution in [0.1, 0.15) is 35.6 Å². The number of anilines is 1. The van der Waals surface area contributed by atoms with Gasteiger partial charge in [0.2, 0.25) is 10.0 Å². The van der Waals surface area contributed by atoms with E-state index in [1.54, 1.807) is 12.1 Å². The quantitative estimate of drug-likeness (QED) is 0.200. The van der Waals surface area contributed by atoms with Gasteiger partial charge < -0.3 is 18.9 Å². The average Bonchev–Trinajstić information content (AvgIpc) is 3.77. The molecule has 2 aromatic carbocycles. The zero-order valence-electron chi connectivity index (χ0n) is 23.3. The molecule has 1 atom stereocenters. The number of benzene rings is 2. The number of para-hydroxylation sites is 1. The molecule has 44 heavy (non-hydrogen) atoms. The van der Waals surface area contributed by atoms with Crippen LogP contribution in [0.15, 0.2) is 54.9 Å². The van der Waals surface area contributed by atoms with Crippen molar-refractivity contribution in [3.63, 3.8) is 0 Å². The molecule has 1 saturated carbocycles. The van der Waals surface area contributed by atoms with Gasteiger partial charge in [0.1, 0.15) is 6.10 Å². The molecule has 10 nitrogen and oxygen atoms in total. The number of nitrogens with one attached hydrogen (secondary N) is 1. The summed E-state index contributed by atoms with van der Waals surface area (Å²) in [5.74, 6) is -1.58. The summed E-state index contributed by atoms with van der Waals surface area (Å²) < 4.78 is 72.8. The maximum absolute atomic E-state index is 13.0. The topological polar surface area (TPSA) is 130 Å². The highest BCUT2D eigenvalue weighted by Gasteiger charge is 2.26. The smallest absolute Gasteiger partial charge is 0.387 e. The lowest BCUT2D eigenvalue weighted by Crippen LogP contribution is -2.21. The number of aromatic nitrogens is 1. The molecular formula is C29H28Cl2F2N2O8S. The Hall–Kier alpha value is -3.68. The fourth-order valence-electron chi connectivity index (χ4n) is 4.08. The van der Waals surface area contributed by atoms with Crippen molar-refractivity contribution in [1.29, 1.82) is 0 Å². The third-order valence-corrected chi connectivity index (χ3v) is 7.58. The van der Waals surface area contributed by atoms with Crippen LogP contribution in [0.3, 0.4) is 0 Å². The minimum atomic E-state index is -3.60. The van der Waals surface area contributed by atoms with Crippen LogP contribution in [0.2, 0.25) is 10.0 Å². The Balaban J connectivity index is 1.50. The Morgan fingerprint density at radius 1 is 1.05 bits per heavy atom. The SMILES string of the molecule is CS(=O)(=O)Nc1ccccc1CC(=O)OCC(=O)OC(Cc1c(Cl)cncc1Cl)c1ccc(OC(F)F)c(OCC2CC2)c1. The molecule has 0 radical (unpaired) electrons. The molecule has 1 aromatic heterocycles. The first-order valence-corrected chi connectivity index (χ1v) is 15.9. The van der Waals surface area contributed by atoms with Crippen LogP contribution in [0, 0.1) is 5.92 Å². The zero-order chi connectivity index (χ0) is 31.9. The Morgan fingerprint density at radius 3 is 2.41 bits per heavy atom. The highest BCUT2D eigenvalue weighted by Crippen LogP contribution is 2.38. The van der Waals surface area contributed by atoms with Crippen LogP contribution in [0.4, 0.5) is 14.5 Å². The number of hydrogen-bond donors (Lipinski definition) is 1. The molecule has 0 spiro atoms. The van der Waals surface area contributed by atoms with Crippen molar-refractivity contribution in [2.75, 3.05) is 24.2 Å². The summed E-state index contributed by atoms with van der Waals surface area (Å²) in [4.78, 5) is 29.3. The van der Waals surface area contributed by atoms with Gasteiger partial charge in [0.15, 0.2) is 18.1 Å². The lowest BCUT2D eigenvalue weighted by Gasteiger charge is -2.21. The second kappa shape index (κ2) is 14.9. The van der Waals surface area contributed by atoms with Crippen LogP contribution in [-0.2, 0) is 41.9 Å². The molecule has 0 bridgehead atoms. The summed E-state index contributed by atoms with van der Waals surface area (Å²) in [5.41, 5.74) is 1.28. The third kappa shape index (κ3) is 10.2. The van der Waals surface area contributed by atoms with Gasteiger partial charge in [-0.15, -0.1) is 0 Å². The number of esters is 2. The molecule has 15 heteroatoms. The number of rotatable bonds is 15. The van der Waals surface area contributed by atoms with E-state index in [9.17, 15) is 26.8 Å². The van der Waals surface area contributed by atoms with Crippen molar-refractivity contribution in [1.82, 2.24) is 4.98 Å². The van der Waals surface area contributed by atoms with Gasteiger partial charge in [-0.05, 0) is 53.6 Å². The van der Waals surface area contributed by atoms with Gasteiger partial charge in [0, 0.05) is 18.8 Å². The molecule has 1 aliphatic rings.